The molecule has 38 heavy (non-hydrogen) atoms. The average molecular weight is 516 g/mol. The first-order valence-corrected chi connectivity index (χ1v) is 12.7. The van der Waals surface area contributed by atoms with Crippen molar-refractivity contribution in [3.05, 3.63) is 95.1 Å². The van der Waals surface area contributed by atoms with E-state index in [9.17, 15) is 19.8 Å². The van der Waals surface area contributed by atoms with Gasteiger partial charge in [0.2, 0.25) is 0 Å². The minimum absolute atomic E-state index is 0.0254. The standard InChI is InChI=1S/C31H33NO6/c1-5-17-37-24-11-8-10-21(18-24)28(34)26-27(20-13-15-23(33)16-14-20)32(30(36)29(26)35)19-22-9-6-7-12-25(22)38-31(2,3)4/h6-16,18,27,33-34H,5,17,19H2,1-4H3/b28-26+. The maximum atomic E-state index is 13.4. The highest BCUT2D eigenvalue weighted by Gasteiger charge is 2.46. The Labute approximate surface area is 222 Å². The molecule has 1 heterocycles. The SMILES string of the molecule is CCCOc1cccc(/C(O)=C2\C(=O)C(=O)N(Cc3ccccc3OC(C)(C)C)C2c2ccc(O)cc2)c1. The zero-order valence-electron chi connectivity index (χ0n) is 22.1. The van der Waals surface area contributed by atoms with Crippen LogP contribution in [0.2, 0.25) is 0 Å². The second kappa shape index (κ2) is 11.0. The molecule has 7 heteroatoms. The minimum Gasteiger partial charge on any atom is -0.508 e. The lowest BCUT2D eigenvalue weighted by atomic mass is 9.95. The number of phenolic OH excluding ortho intramolecular Hbond substituents is 1. The van der Waals surface area contributed by atoms with Crippen molar-refractivity contribution in [2.24, 2.45) is 0 Å². The van der Waals surface area contributed by atoms with E-state index < -0.39 is 23.3 Å². The van der Waals surface area contributed by atoms with Crippen molar-refractivity contribution in [3.8, 4) is 17.2 Å². The first-order valence-electron chi connectivity index (χ1n) is 12.7. The van der Waals surface area contributed by atoms with E-state index in [2.05, 4.69) is 0 Å². The molecule has 7 nitrogen and oxygen atoms in total. The molecule has 0 bridgehead atoms. The van der Waals surface area contributed by atoms with Crippen molar-refractivity contribution in [2.45, 2.75) is 52.3 Å². The number of hydrogen-bond acceptors (Lipinski definition) is 6. The molecule has 1 amide bonds. The lowest BCUT2D eigenvalue weighted by Crippen LogP contribution is -2.30. The molecular formula is C31H33NO6. The van der Waals surface area contributed by atoms with Crippen molar-refractivity contribution in [1.82, 2.24) is 4.90 Å². The lowest BCUT2D eigenvalue weighted by Gasteiger charge is -2.28. The normalized spacial score (nSPS) is 17.1. The summed E-state index contributed by atoms with van der Waals surface area (Å²) in [7, 11) is 0. The number of aliphatic hydroxyl groups is 1. The van der Waals surface area contributed by atoms with Gasteiger partial charge in [-0.1, -0.05) is 49.4 Å². The van der Waals surface area contributed by atoms with E-state index in [-0.39, 0.29) is 23.6 Å². The van der Waals surface area contributed by atoms with Crippen LogP contribution in [-0.4, -0.2) is 39.0 Å². The van der Waals surface area contributed by atoms with Crippen molar-refractivity contribution in [3.63, 3.8) is 0 Å². The van der Waals surface area contributed by atoms with Crippen molar-refractivity contribution < 1.29 is 29.3 Å². The highest BCUT2D eigenvalue weighted by Crippen LogP contribution is 2.41. The summed E-state index contributed by atoms with van der Waals surface area (Å²) in [5.41, 5.74) is 1.18. The van der Waals surface area contributed by atoms with Gasteiger partial charge in [0, 0.05) is 11.1 Å². The van der Waals surface area contributed by atoms with Crippen LogP contribution in [0.4, 0.5) is 0 Å². The van der Waals surface area contributed by atoms with Crippen LogP contribution in [0.5, 0.6) is 17.2 Å². The summed E-state index contributed by atoms with van der Waals surface area (Å²) in [6.07, 6.45) is 0.822. The molecule has 1 aliphatic heterocycles. The van der Waals surface area contributed by atoms with Crippen LogP contribution < -0.4 is 9.47 Å². The Kier molecular flexibility index (Phi) is 7.76. The number of nitrogens with zero attached hydrogens (tertiary/aromatic N) is 1. The molecule has 3 aromatic rings. The molecule has 198 valence electrons. The van der Waals surface area contributed by atoms with Crippen molar-refractivity contribution in [1.29, 1.82) is 0 Å². The third-order valence-corrected chi connectivity index (χ3v) is 6.06. The molecule has 1 saturated heterocycles. The van der Waals surface area contributed by atoms with E-state index in [0.717, 1.165) is 12.0 Å². The molecule has 3 aromatic carbocycles. The number of likely N-dealkylation sites (tertiary alicyclic amines) is 1. The largest absolute Gasteiger partial charge is 0.508 e. The third kappa shape index (κ3) is 5.83. The van der Waals surface area contributed by atoms with Crippen molar-refractivity contribution in [2.75, 3.05) is 6.61 Å². The van der Waals surface area contributed by atoms with Gasteiger partial charge in [0.25, 0.3) is 11.7 Å². The van der Waals surface area contributed by atoms with Gasteiger partial charge in [-0.15, -0.1) is 0 Å². The Bertz CT molecular complexity index is 1350. The Morgan fingerprint density at radius 3 is 2.37 bits per heavy atom. The van der Waals surface area contributed by atoms with Crippen molar-refractivity contribution >= 4 is 17.4 Å². The van der Waals surface area contributed by atoms with Gasteiger partial charge in [-0.3, -0.25) is 9.59 Å². The third-order valence-electron chi connectivity index (χ3n) is 6.06. The number of amides is 1. The maximum Gasteiger partial charge on any atom is 0.295 e. The number of hydrogen-bond donors (Lipinski definition) is 2. The Hall–Kier alpha value is -4.26. The van der Waals surface area contributed by atoms with Crippen LogP contribution in [0, 0.1) is 0 Å². The highest BCUT2D eigenvalue weighted by molar-refractivity contribution is 6.46. The number of carbonyl (C=O) groups is 2. The van der Waals surface area contributed by atoms with Gasteiger partial charge >= 0.3 is 0 Å². The molecule has 0 spiro atoms. The van der Waals surface area contributed by atoms with Gasteiger partial charge in [0.15, 0.2) is 0 Å². The molecule has 0 aromatic heterocycles. The van der Waals surface area contributed by atoms with Crippen LogP contribution in [0.15, 0.2) is 78.4 Å². The molecule has 1 unspecified atom stereocenters. The monoisotopic (exact) mass is 515 g/mol. The van der Waals surface area contributed by atoms with E-state index in [1.807, 2.05) is 52.0 Å². The first kappa shape index (κ1) is 26.8. The second-order valence-corrected chi connectivity index (χ2v) is 10.2. The summed E-state index contributed by atoms with van der Waals surface area (Å²) in [4.78, 5) is 28.3. The second-order valence-electron chi connectivity index (χ2n) is 10.2. The molecular weight excluding hydrogens is 482 g/mol. The fraction of sp³-hybridized carbons (Fsp3) is 0.290. The number of rotatable bonds is 8. The minimum atomic E-state index is -0.876. The Balaban J connectivity index is 1.82. The molecule has 4 rings (SSSR count). The van der Waals surface area contributed by atoms with Gasteiger partial charge in [0.05, 0.1) is 24.8 Å². The predicted octanol–water partition coefficient (Wildman–Crippen LogP) is 5.98. The molecule has 1 atom stereocenters. The summed E-state index contributed by atoms with van der Waals surface area (Å²) in [6.45, 7) is 8.39. The summed E-state index contributed by atoms with van der Waals surface area (Å²) in [5.74, 6) is -0.588. The van der Waals surface area contributed by atoms with E-state index in [4.69, 9.17) is 9.47 Å². The molecule has 0 radical (unpaired) electrons. The molecule has 0 aliphatic carbocycles. The van der Waals surface area contributed by atoms with Crippen LogP contribution in [-0.2, 0) is 16.1 Å². The van der Waals surface area contributed by atoms with Gasteiger partial charge in [-0.05, 0) is 63.1 Å². The number of ketones is 1. The molecule has 1 aliphatic rings. The van der Waals surface area contributed by atoms with Gasteiger partial charge in [0.1, 0.15) is 28.6 Å². The fourth-order valence-electron chi connectivity index (χ4n) is 4.40. The smallest absolute Gasteiger partial charge is 0.295 e. The maximum absolute atomic E-state index is 13.4. The number of aliphatic hydroxyl groups excluding tert-OH is 1. The fourth-order valence-corrected chi connectivity index (χ4v) is 4.40. The van der Waals surface area contributed by atoms with Crippen LogP contribution in [0.3, 0.4) is 0 Å². The van der Waals surface area contributed by atoms with Crippen LogP contribution >= 0.6 is 0 Å². The highest BCUT2D eigenvalue weighted by atomic mass is 16.5. The van der Waals surface area contributed by atoms with E-state index >= 15 is 0 Å². The zero-order valence-corrected chi connectivity index (χ0v) is 22.1. The number of para-hydroxylation sites is 1. The van der Waals surface area contributed by atoms with Gasteiger partial charge in [-0.25, -0.2) is 0 Å². The summed E-state index contributed by atoms with van der Waals surface area (Å²) in [5, 5.41) is 21.3. The number of Topliss-reactive ketones (excluding diaryl/α,β-unsaturated/α-hetero) is 1. The number of benzene rings is 3. The lowest BCUT2D eigenvalue weighted by molar-refractivity contribution is -0.140. The Morgan fingerprint density at radius 2 is 1.68 bits per heavy atom. The topological polar surface area (TPSA) is 96.3 Å². The van der Waals surface area contributed by atoms with Gasteiger partial charge in [-0.2, -0.15) is 0 Å². The molecule has 1 fully saturated rings. The van der Waals surface area contributed by atoms with E-state index in [1.54, 1.807) is 36.4 Å². The number of carbonyl (C=O) groups excluding carboxylic acids is 2. The Morgan fingerprint density at radius 1 is 0.974 bits per heavy atom. The quantitative estimate of drug-likeness (QED) is 0.218. The first-order chi connectivity index (χ1) is 18.1. The summed E-state index contributed by atoms with van der Waals surface area (Å²) in [6, 6.07) is 19.6. The van der Waals surface area contributed by atoms with Gasteiger partial charge < -0.3 is 24.6 Å². The summed E-state index contributed by atoms with van der Waals surface area (Å²) >= 11 is 0. The average Bonchev–Trinajstić information content (AvgIpc) is 3.13. The van der Waals surface area contributed by atoms with E-state index in [1.165, 1.54) is 17.0 Å². The van der Waals surface area contributed by atoms with E-state index in [0.29, 0.717) is 29.2 Å². The molecule has 2 N–H and O–H groups in total. The zero-order chi connectivity index (χ0) is 27.4. The summed E-state index contributed by atoms with van der Waals surface area (Å²) < 4.78 is 11.8. The van der Waals surface area contributed by atoms with Crippen LogP contribution in [0.1, 0.15) is 56.8 Å². The number of phenols is 1. The predicted molar refractivity (Wildman–Crippen MR) is 145 cm³/mol. The van der Waals surface area contributed by atoms with Crippen LogP contribution in [0.25, 0.3) is 5.76 Å². The number of ether oxygens (including phenoxy) is 2. The number of aromatic hydroxyl groups is 1. The molecule has 0 saturated carbocycles.